The Morgan fingerprint density at radius 3 is 2.44 bits per heavy atom. The largest absolute Gasteiger partial charge is 0.398 e. The lowest BCUT2D eigenvalue weighted by atomic mass is 10.3. The van der Waals surface area contributed by atoms with Gasteiger partial charge in [-0.05, 0) is 13.0 Å². The molecule has 1 rings (SSSR count). The normalized spacial score (nSPS) is 9.94. The predicted molar refractivity (Wildman–Crippen MR) is 72.9 cm³/mol. The number of nitrogens with zero attached hydrogens (tertiary/aromatic N) is 1. The van der Waals surface area contributed by atoms with Crippen molar-refractivity contribution in [1.82, 2.24) is 15.5 Å². The molecule has 0 spiro atoms. The molecule has 0 aliphatic heterocycles. The minimum Gasteiger partial charge on any atom is -0.398 e. The van der Waals surface area contributed by atoms with Crippen LogP contribution in [0, 0.1) is 6.92 Å². The molecular weight excluding hydrogens is 252 g/mol. The van der Waals surface area contributed by atoms with Gasteiger partial charge >= 0.3 is 6.03 Å². The number of urea groups is 1. The van der Waals surface area contributed by atoms with Crippen molar-refractivity contribution in [3.05, 3.63) is 15.8 Å². The Morgan fingerprint density at radius 2 is 1.94 bits per heavy atom. The number of anilines is 1. The minimum atomic E-state index is -0.180. The summed E-state index contributed by atoms with van der Waals surface area (Å²) in [7, 11) is 3.32. The molecule has 6 nitrogen and oxygen atoms in total. The molecule has 7 heteroatoms. The van der Waals surface area contributed by atoms with Gasteiger partial charge in [-0.1, -0.05) is 0 Å². The lowest BCUT2D eigenvalue weighted by Gasteiger charge is -2.11. The van der Waals surface area contributed by atoms with Crippen LogP contribution in [0.4, 0.5) is 10.5 Å². The van der Waals surface area contributed by atoms with Crippen LogP contribution < -0.4 is 16.4 Å². The van der Waals surface area contributed by atoms with E-state index in [1.807, 2.05) is 6.92 Å². The van der Waals surface area contributed by atoms with Gasteiger partial charge in [-0.3, -0.25) is 4.79 Å². The van der Waals surface area contributed by atoms with E-state index in [2.05, 4.69) is 10.6 Å². The number of carbonyl (C=O) groups is 2. The monoisotopic (exact) mass is 270 g/mol. The van der Waals surface area contributed by atoms with Crippen molar-refractivity contribution in [2.24, 2.45) is 0 Å². The van der Waals surface area contributed by atoms with Crippen molar-refractivity contribution in [3.63, 3.8) is 0 Å². The smallest absolute Gasteiger partial charge is 0.316 e. The summed E-state index contributed by atoms with van der Waals surface area (Å²) in [5, 5.41) is 5.37. The number of rotatable bonds is 4. The third-order valence-electron chi connectivity index (χ3n) is 2.27. The molecule has 0 radical (unpaired) electrons. The van der Waals surface area contributed by atoms with E-state index < -0.39 is 0 Å². The van der Waals surface area contributed by atoms with Crippen molar-refractivity contribution in [3.8, 4) is 0 Å². The molecule has 0 aliphatic carbocycles. The number of carbonyl (C=O) groups excluding carboxylic acids is 2. The number of thiophene rings is 1. The standard InChI is InChI=1S/C11H18N4O2S/c1-7-8(12)6-9(18-7)10(16)13-4-5-14-11(17)15(2)3/h6H,4-5,12H2,1-3H3,(H,13,16)(H,14,17). The zero-order valence-electron chi connectivity index (χ0n) is 10.7. The number of nitrogens with one attached hydrogen (secondary N) is 2. The SMILES string of the molecule is Cc1sc(C(=O)NCCNC(=O)N(C)C)cc1N. The van der Waals surface area contributed by atoms with Gasteiger partial charge in [-0.15, -0.1) is 11.3 Å². The summed E-state index contributed by atoms with van der Waals surface area (Å²) < 4.78 is 0. The molecule has 3 amide bonds. The van der Waals surface area contributed by atoms with Gasteiger partial charge in [0.05, 0.1) is 4.88 Å². The average Bonchev–Trinajstić information content (AvgIpc) is 2.64. The van der Waals surface area contributed by atoms with Crippen LogP contribution in [0.3, 0.4) is 0 Å². The molecule has 0 saturated carbocycles. The second-order valence-corrected chi connectivity index (χ2v) is 5.26. The highest BCUT2D eigenvalue weighted by Gasteiger charge is 2.10. The first kappa shape index (κ1) is 14.3. The Hall–Kier alpha value is -1.76. The van der Waals surface area contributed by atoms with Crippen LogP contribution >= 0.6 is 11.3 Å². The maximum Gasteiger partial charge on any atom is 0.316 e. The first-order chi connectivity index (χ1) is 8.41. The Bertz CT molecular complexity index is 423. The van der Waals surface area contributed by atoms with Gasteiger partial charge in [0.25, 0.3) is 5.91 Å². The van der Waals surface area contributed by atoms with Crippen molar-refractivity contribution in [1.29, 1.82) is 0 Å². The van der Waals surface area contributed by atoms with Crippen LogP contribution in [-0.4, -0.2) is 44.0 Å². The third kappa shape index (κ3) is 3.92. The average molecular weight is 270 g/mol. The van der Waals surface area contributed by atoms with Gasteiger partial charge in [0.15, 0.2) is 0 Å². The molecule has 100 valence electrons. The molecule has 0 aliphatic rings. The Labute approximate surface area is 110 Å². The highest BCUT2D eigenvalue weighted by Crippen LogP contribution is 2.22. The van der Waals surface area contributed by atoms with E-state index in [4.69, 9.17) is 5.73 Å². The lowest BCUT2D eigenvalue weighted by Crippen LogP contribution is -2.39. The summed E-state index contributed by atoms with van der Waals surface area (Å²) in [4.78, 5) is 25.9. The molecule has 1 aromatic heterocycles. The van der Waals surface area contributed by atoms with Crippen LogP contribution in [0.1, 0.15) is 14.5 Å². The summed E-state index contributed by atoms with van der Waals surface area (Å²) in [6.07, 6.45) is 0. The second kappa shape index (κ2) is 6.25. The van der Waals surface area contributed by atoms with Gasteiger partial charge in [0.2, 0.25) is 0 Å². The molecule has 1 heterocycles. The summed E-state index contributed by atoms with van der Waals surface area (Å²) in [5.74, 6) is -0.168. The van der Waals surface area contributed by atoms with E-state index in [0.29, 0.717) is 23.7 Å². The summed E-state index contributed by atoms with van der Waals surface area (Å²) in [6, 6.07) is 1.48. The molecule has 0 saturated heterocycles. The highest BCUT2D eigenvalue weighted by molar-refractivity contribution is 7.14. The van der Waals surface area contributed by atoms with Gasteiger partial charge in [0, 0.05) is 37.7 Å². The van der Waals surface area contributed by atoms with Crippen molar-refractivity contribution < 1.29 is 9.59 Å². The molecule has 0 fully saturated rings. The summed E-state index contributed by atoms with van der Waals surface area (Å²) >= 11 is 1.36. The lowest BCUT2D eigenvalue weighted by molar-refractivity contribution is 0.0957. The predicted octanol–water partition coefficient (Wildman–Crippen LogP) is 0.640. The molecular formula is C11H18N4O2S. The fourth-order valence-corrected chi connectivity index (χ4v) is 2.06. The van der Waals surface area contributed by atoms with E-state index >= 15 is 0 Å². The number of nitrogen functional groups attached to an aromatic ring is 1. The van der Waals surface area contributed by atoms with E-state index in [1.54, 1.807) is 20.2 Å². The van der Waals surface area contributed by atoms with Crippen molar-refractivity contribution in [2.75, 3.05) is 32.9 Å². The number of aryl methyl sites for hydroxylation is 1. The Morgan fingerprint density at radius 1 is 1.33 bits per heavy atom. The third-order valence-corrected chi connectivity index (χ3v) is 3.34. The molecule has 1 aromatic rings. The van der Waals surface area contributed by atoms with Crippen LogP contribution in [0.25, 0.3) is 0 Å². The maximum atomic E-state index is 11.7. The van der Waals surface area contributed by atoms with Crippen LogP contribution in [-0.2, 0) is 0 Å². The molecule has 0 aromatic carbocycles. The number of hydrogen-bond acceptors (Lipinski definition) is 4. The zero-order valence-corrected chi connectivity index (χ0v) is 11.6. The van der Waals surface area contributed by atoms with Crippen molar-refractivity contribution >= 4 is 29.0 Å². The maximum absolute atomic E-state index is 11.7. The summed E-state index contributed by atoms with van der Waals surface area (Å²) in [6.45, 7) is 2.64. The Balaban J connectivity index is 2.32. The van der Waals surface area contributed by atoms with Gasteiger partial charge in [-0.25, -0.2) is 4.79 Å². The van der Waals surface area contributed by atoms with E-state index in [9.17, 15) is 9.59 Å². The molecule has 18 heavy (non-hydrogen) atoms. The van der Waals surface area contributed by atoms with Crippen LogP contribution in [0.15, 0.2) is 6.07 Å². The highest BCUT2D eigenvalue weighted by atomic mass is 32.1. The zero-order chi connectivity index (χ0) is 13.7. The minimum absolute atomic E-state index is 0.168. The first-order valence-corrected chi connectivity index (χ1v) is 6.32. The second-order valence-electron chi connectivity index (χ2n) is 4.00. The van der Waals surface area contributed by atoms with Crippen molar-refractivity contribution in [2.45, 2.75) is 6.92 Å². The molecule has 0 atom stereocenters. The molecule has 4 N–H and O–H groups in total. The Kier molecular flexibility index (Phi) is 4.96. The van der Waals surface area contributed by atoms with E-state index in [0.717, 1.165) is 4.88 Å². The van der Waals surface area contributed by atoms with Gasteiger partial charge in [0.1, 0.15) is 0 Å². The number of hydrogen-bond donors (Lipinski definition) is 3. The van der Waals surface area contributed by atoms with Gasteiger partial charge in [-0.2, -0.15) is 0 Å². The summed E-state index contributed by atoms with van der Waals surface area (Å²) in [5.41, 5.74) is 6.30. The quantitative estimate of drug-likeness (QED) is 0.702. The fourth-order valence-electron chi connectivity index (χ4n) is 1.20. The van der Waals surface area contributed by atoms with E-state index in [1.165, 1.54) is 16.2 Å². The number of amides is 3. The van der Waals surface area contributed by atoms with Crippen LogP contribution in [0.5, 0.6) is 0 Å². The van der Waals surface area contributed by atoms with E-state index in [-0.39, 0.29) is 11.9 Å². The molecule has 0 unspecified atom stereocenters. The first-order valence-electron chi connectivity index (χ1n) is 5.51. The van der Waals surface area contributed by atoms with Crippen LogP contribution in [0.2, 0.25) is 0 Å². The fraction of sp³-hybridized carbons (Fsp3) is 0.455. The number of nitrogens with two attached hydrogens (primary N) is 1. The molecule has 0 bridgehead atoms. The van der Waals surface area contributed by atoms with Gasteiger partial charge < -0.3 is 21.3 Å². The topological polar surface area (TPSA) is 87.5 Å².